The van der Waals surface area contributed by atoms with E-state index in [4.69, 9.17) is 0 Å². The first-order chi connectivity index (χ1) is 18.4. The lowest BCUT2D eigenvalue weighted by atomic mass is 9.59. The van der Waals surface area contributed by atoms with E-state index in [-0.39, 0.29) is 29.6 Å². The Balaban J connectivity index is 1.46. The first-order valence-corrected chi connectivity index (χ1v) is 12.6. The summed E-state index contributed by atoms with van der Waals surface area (Å²) < 4.78 is 13.6. The van der Waals surface area contributed by atoms with Gasteiger partial charge in [0.15, 0.2) is 22.9 Å². The summed E-state index contributed by atoms with van der Waals surface area (Å²) in [5, 5.41) is 0. The van der Waals surface area contributed by atoms with Crippen LogP contribution in [0.15, 0.2) is 91.3 Å². The Morgan fingerprint density at radius 1 is 0.789 bits per heavy atom. The molecule has 4 aromatic rings. The molecule has 0 radical (unpaired) electrons. The van der Waals surface area contributed by atoms with Gasteiger partial charge in [0, 0.05) is 47.1 Å². The maximum atomic E-state index is 14.6. The molecule has 1 fully saturated rings. The molecule has 38 heavy (non-hydrogen) atoms. The average Bonchev–Trinajstić information content (AvgIpc) is 3.48. The molecule has 0 bridgehead atoms. The van der Waals surface area contributed by atoms with Gasteiger partial charge in [-0.25, -0.2) is 4.39 Å². The van der Waals surface area contributed by atoms with Gasteiger partial charge in [-0.05, 0) is 48.4 Å². The summed E-state index contributed by atoms with van der Waals surface area (Å²) in [7, 11) is 1.77. The summed E-state index contributed by atoms with van der Waals surface area (Å²) in [6.45, 7) is 0.333. The largest absolute Gasteiger partial charge is 0.293 e. The number of aromatic nitrogens is 1. The third-order valence-electron chi connectivity index (χ3n) is 8.82. The second kappa shape index (κ2) is 7.85. The van der Waals surface area contributed by atoms with Crippen LogP contribution < -0.4 is 0 Å². The van der Waals surface area contributed by atoms with Crippen molar-refractivity contribution in [3.05, 3.63) is 125 Å². The van der Waals surface area contributed by atoms with E-state index in [2.05, 4.69) is 4.98 Å². The highest BCUT2D eigenvalue weighted by Gasteiger charge is 2.77. The van der Waals surface area contributed by atoms with Crippen molar-refractivity contribution >= 4 is 17.3 Å². The van der Waals surface area contributed by atoms with E-state index in [0.29, 0.717) is 23.2 Å². The minimum Gasteiger partial charge on any atom is -0.293 e. The molecule has 5 nitrogen and oxygen atoms in total. The second-order valence-electron chi connectivity index (χ2n) is 10.5. The maximum absolute atomic E-state index is 14.6. The molecule has 1 aliphatic heterocycles. The predicted octanol–water partition coefficient (Wildman–Crippen LogP) is 5.16. The van der Waals surface area contributed by atoms with Crippen LogP contribution in [0.1, 0.15) is 48.1 Å². The van der Waals surface area contributed by atoms with Crippen molar-refractivity contribution in [2.24, 2.45) is 5.41 Å². The monoisotopic (exact) mass is 502 g/mol. The van der Waals surface area contributed by atoms with Crippen LogP contribution in [0.5, 0.6) is 0 Å². The van der Waals surface area contributed by atoms with Gasteiger partial charge in [0.05, 0.1) is 5.41 Å². The van der Waals surface area contributed by atoms with Gasteiger partial charge in [0.25, 0.3) is 0 Å². The van der Waals surface area contributed by atoms with E-state index in [9.17, 15) is 18.8 Å². The van der Waals surface area contributed by atoms with Crippen molar-refractivity contribution in [2.75, 3.05) is 13.6 Å². The van der Waals surface area contributed by atoms with Crippen molar-refractivity contribution < 1.29 is 18.8 Å². The minimum atomic E-state index is -1.65. The maximum Gasteiger partial charge on any atom is 0.192 e. The zero-order valence-corrected chi connectivity index (χ0v) is 20.6. The molecule has 186 valence electrons. The summed E-state index contributed by atoms with van der Waals surface area (Å²) in [6.07, 6.45) is 3.70. The van der Waals surface area contributed by atoms with Crippen molar-refractivity contribution in [3.8, 4) is 11.1 Å². The van der Waals surface area contributed by atoms with Crippen molar-refractivity contribution in [1.82, 2.24) is 9.88 Å². The van der Waals surface area contributed by atoms with E-state index in [0.717, 1.165) is 22.3 Å². The van der Waals surface area contributed by atoms with Crippen LogP contribution in [-0.2, 0) is 6.42 Å². The fourth-order valence-corrected chi connectivity index (χ4v) is 7.21. The zero-order chi connectivity index (χ0) is 26.2. The molecule has 6 heteroatoms. The highest BCUT2D eigenvalue weighted by molar-refractivity contribution is 6.36. The Labute approximate surface area is 218 Å². The third-order valence-corrected chi connectivity index (χ3v) is 8.82. The summed E-state index contributed by atoms with van der Waals surface area (Å²) in [5.74, 6) is -1.60. The lowest BCUT2D eigenvalue weighted by Crippen LogP contribution is -2.63. The molecule has 1 saturated heterocycles. The number of benzene rings is 3. The number of hydrogen-bond donors (Lipinski definition) is 0. The molecule has 0 unspecified atom stereocenters. The molecule has 0 amide bonds. The molecular weight excluding hydrogens is 479 g/mol. The van der Waals surface area contributed by atoms with Crippen molar-refractivity contribution in [3.63, 3.8) is 0 Å². The zero-order valence-electron chi connectivity index (χ0n) is 20.6. The lowest BCUT2D eigenvalue weighted by Gasteiger charge is -2.42. The number of pyridine rings is 1. The Kier molecular flexibility index (Phi) is 4.73. The molecule has 0 saturated carbocycles. The Bertz CT molecular complexity index is 1640. The number of likely N-dealkylation sites (N-methyl/N-ethyl adjacent to an activating group) is 1. The van der Waals surface area contributed by atoms with Crippen LogP contribution in [0.25, 0.3) is 11.1 Å². The highest BCUT2D eigenvalue weighted by Crippen LogP contribution is 2.63. The predicted molar refractivity (Wildman–Crippen MR) is 140 cm³/mol. The van der Waals surface area contributed by atoms with Crippen LogP contribution in [0.4, 0.5) is 4.39 Å². The van der Waals surface area contributed by atoms with Crippen LogP contribution in [0.2, 0.25) is 0 Å². The molecule has 2 spiro atoms. The highest BCUT2D eigenvalue weighted by atomic mass is 19.1. The fraction of sp³-hybridized carbons (Fsp3) is 0.188. The van der Waals surface area contributed by atoms with E-state index < -0.39 is 16.9 Å². The molecule has 7 rings (SSSR count). The second-order valence-corrected chi connectivity index (χ2v) is 10.5. The number of rotatable bonds is 2. The first-order valence-electron chi connectivity index (χ1n) is 12.6. The Hall–Kier alpha value is -4.29. The van der Waals surface area contributed by atoms with Crippen molar-refractivity contribution in [2.45, 2.75) is 17.9 Å². The number of fused-ring (bicyclic) bond motifs is 3. The summed E-state index contributed by atoms with van der Waals surface area (Å²) >= 11 is 0. The minimum absolute atomic E-state index is 0.177. The molecule has 3 aliphatic rings. The lowest BCUT2D eigenvalue weighted by molar-refractivity contribution is 0.0340. The van der Waals surface area contributed by atoms with Gasteiger partial charge < -0.3 is 0 Å². The third kappa shape index (κ3) is 2.68. The van der Waals surface area contributed by atoms with E-state index in [1.807, 2.05) is 24.3 Å². The van der Waals surface area contributed by atoms with Gasteiger partial charge >= 0.3 is 0 Å². The molecule has 0 N–H and O–H groups in total. The molecular formula is C32H23FN2O3. The number of nitrogens with zero attached hydrogens (tertiary/aromatic N) is 2. The van der Waals surface area contributed by atoms with Crippen LogP contribution in [0, 0.1) is 11.2 Å². The quantitative estimate of drug-likeness (QED) is 0.354. The van der Waals surface area contributed by atoms with E-state index >= 15 is 0 Å². The van der Waals surface area contributed by atoms with Gasteiger partial charge in [0.2, 0.25) is 0 Å². The molecule has 2 aliphatic carbocycles. The Morgan fingerprint density at radius 2 is 1.42 bits per heavy atom. The number of ketones is 3. The van der Waals surface area contributed by atoms with Crippen LogP contribution in [-0.4, -0.2) is 46.4 Å². The number of likely N-dealkylation sites (tertiary alicyclic amines) is 1. The summed E-state index contributed by atoms with van der Waals surface area (Å²) in [6, 6.07) is 22.4. The number of hydrogen-bond acceptors (Lipinski definition) is 5. The smallest absolute Gasteiger partial charge is 0.192 e. The average molecular weight is 503 g/mol. The first kappa shape index (κ1) is 22.9. The number of halogens is 1. The number of carbonyl (C=O) groups excluding carboxylic acids is 3. The SMILES string of the molecule is CN1C[C@H](c2cncc(-c3ccc(F)cc3)c2)[C@]2(Cc3ccccc3C2=O)C12C(=O)c1ccccc1C2=O. The number of Topliss-reactive ketones (excluding diaryl/α,β-unsaturated/α-hetero) is 3. The van der Waals surface area contributed by atoms with Crippen LogP contribution >= 0.6 is 0 Å². The summed E-state index contributed by atoms with van der Waals surface area (Å²) in [4.78, 5) is 49.5. The molecule has 3 aromatic carbocycles. The number of carbonyl (C=O) groups is 3. The van der Waals surface area contributed by atoms with Crippen molar-refractivity contribution in [1.29, 1.82) is 0 Å². The van der Waals surface area contributed by atoms with Gasteiger partial charge in [-0.2, -0.15) is 0 Å². The Morgan fingerprint density at radius 3 is 2.08 bits per heavy atom. The normalized spacial score (nSPS) is 23.4. The summed E-state index contributed by atoms with van der Waals surface area (Å²) in [5.41, 5.74) is 1.49. The molecule has 1 aromatic heterocycles. The van der Waals surface area contributed by atoms with Gasteiger partial charge in [-0.15, -0.1) is 0 Å². The topological polar surface area (TPSA) is 67.3 Å². The fourth-order valence-electron chi connectivity index (χ4n) is 7.21. The van der Waals surface area contributed by atoms with E-state index in [1.165, 1.54) is 12.1 Å². The van der Waals surface area contributed by atoms with E-state index in [1.54, 1.807) is 66.8 Å². The van der Waals surface area contributed by atoms with Crippen LogP contribution in [0.3, 0.4) is 0 Å². The van der Waals surface area contributed by atoms with Gasteiger partial charge in [-0.3, -0.25) is 24.3 Å². The van der Waals surface area contributed by atoms with Gasteiger partial charge in [-0.1, -0.05) is 60.7 Å². The van der Waals surface area contributed by atoms with Gasteiger partial charge in [0.1, 0.15) is 5.82 Å². The molecule has 2 atom stereocenters. The molecule has 2 heterocycles. The standard InChI is InChI=1S/C32H23FN2O3/c1-35-18-27(22-14-21(16-34-17-22)19-10-12-23(33)13-11-19)31(15-20-6-2-3-7-24(20)28(31)36)32(35)29(37)25-8-4-5-9-26(25)30(32)38/h2-14,16-17,27H,15,18H2,1H3/t27-,31+/m1/s1.